The van der Waals surface area contributed by atoms with Crippen LogP contribution in [0.25, 0.3) is 0 Å². The fraction of sp³-hybridized carbons (Fsp3) is 0.889. The molecule has 6 nitrogen and oxygen atoms in total. The first-order valence-electron chi connectivity index (χ1n) is 9.33. The summed E-state index contributed by atoms with van der Waals surface area (Å²) < 4.78 is 9.96. The van der Waals surface area contributed by atoms with Crippen LogP contribution >= 0.6 is 24.8 Å². The summed E-state index contributed by atoms with van der Waals surface area (Å²) in [7, 11) is 0. The van der Waals surface area contributed by atoms with Gasteiger partial charge in [0, 0.05) is 13.1 Å². The van der Waals surface area contributed by atoms with Gasteiger partial charge in [-0.1, -0.05) is 26.7 Å². The first kappa shape index (κ1) is 27.7. The molecule has 0 saturated carbocycles. The summed E-state index contributed by atoms with van der Waals surface area (Å²) >= 11 is 0. The molecule has 2 fully saturated rings. The highest BCUT2D eigenvalue weighted by Gasteiger charge is 2.33. The maximum Gasteiger partial charge on any atom is 0.310 e. The number of carbonyl (C=O) groups excluding carboxylic acids is 2. The molecule has 2 rings (SSSR count). The van der Waals surface area contributed by atoms with Crippen molar-refractivity contribution < 1.29 is 19.1 Å². The van der Waals surface area contributed by atoms with Crippen LogP contribution in [0.5, 0.6) is 0 Å². The van der Waals surface area contributed by atoms with Crippen LogP contribution in [0.1, 0.15) is 40.5 Å². The fourth-order valence-electron chi connectivity index (χ4n) is 3.37. The normalized spacial score (nSPS) is 26.6. The Balaban J connectivity index is 0. The van der Waals surface area contributed by atoms with Crippen LogP contribution in [0.15, 0.2) is 0 Å². The van der Waals surface area contributed by atoms with E-state index in [9.17, 15) is 9.59 Å². The molecule has 4 atom stereocenters. The zero-order chi connectivity index (χ0) is 17.9. The summed E-state index contributed by atoms with van der Waals surface area (Å²) in [6.45, 7) is 12.4. The van der Waals surface area contributed by atoms with Crippen molar-refractivity contribution in [2.24, 2.45) is 23.7 Å². The number of ether oxygens (including phenoxy) is 2. The lowest BCUT2D eigenvalue weighted by atomic mass is 9.94. The van der Waals surface area contributed by atoms with E-state index < -0.39 is 0 Å². The van der Waals surface area contributed by atoms with E-state index in [4.69, 9.17) is 9.47 Å². The van der Waals surface area contributed by atoms with E-state index in [0.29, 0.717) is 25.0 Å². The molecule has 0 amide bonds. The molecule has 156 valence electrons. The molecule has 0 radical (unpaired) electrons. The summed E-state index contributed by atoms with van der Waals surface area (Å²) in [6, 6.07) is 0. The average Bonchev–Trinajstić information content (AvgIpc) is 3.24. The van der Waals surface area contributed by atoms with Gasteiger partial charge in [0.15, 0.2) is 0 Å². The molecule has 8 heteroatoms. The Morgan fingerprint density at radius 1 is 0.731 bits per heavy atom. The first-order chi connectivity index (χ1) is 11.6. The Kier molecular flexibility index (Phi) is 16.5. The van der Waals surface area contributed by atoms with Gasteiger partial charge in [-0.2, -0.15) is 0 Å². The van der Waals surface area contributed by atoms with Gasteiger partial charge in [0.2, 0.25) is 0 Å². The molecule has 0 spiro atoms. The molecule has 2 aliphatic rings. The zero-order valence-electron chi connectivity index (χ0n) is 16.4. The fourth-order valence-corrected chi connectivity index (χ4v) is 3.37. The van der Waals surface area contributed by atoms with Crippen molar-refractivity contribution in [1.82, 2.24) is 10.6 Å². The number of rotatable bonds is 6. The third-order valence-corrected chi connectivity index (χ3v) is 4.91. The van der Waals surface area contributed by atoms with Gasteiger partial charge in [0.05, 0.1) is 25.0 Å². The third-order valence-electron chi connectivity index (χ3n) is 4.91. The summed E-state index contributed by atoms with van der Waals surface area (Å²) in [6.07, 6.45) is 2.10. The van der Waals surface area contributed by atoms with Crippen LogP contribution in [0.3, 0.4) is 0 Å². The minimum atomic E-state index is -0.0330. The smallest absolute Gasteiger partial charge is 0.310 e. The van der Waals surface area contributed by atoms with E-state index in [2.05, 4.69) is 24.5 Å². The second kappa shape index (κ2) is 15.5. The third kappa shape index (κ3) is 8.42. The Morgan fingerprint density at radius 3 is 1.35 bits per heavy atom. The summed E-state index contributed by atoms with van der Waals surface area (Å²) in [5, 5.41) is 6.42. The Morgan fingerprint density at radius 2 is 1.08 bits per heavy atom. The first-order valence-corrected chi connectivity index (χ1v) is 9.33. The van der Waals surface area contributed by atoms with Gasteiger partial charge in [-0.05, 0) is 38.8 Å². The molecule has 2 aliphatic heterocycles. The van der Waals surface area contributed by atoms with Crippen LogP contribution in [0, 0.1) is 23.7 Å². The van der Waals surface area contributed by atoms with Crippen molar-refractivity contribution in [2.75, 3.05) is 39.4 Å². The maximum atomic E-state index is 11.4. The lowest BCUT2D eigenvalue weighted by Crippen LogP contribution is -2.24. The van der Waals surface area contributed by atoms with Crippen molar-refractivity contribution in [1.29, 1.82) is 0 Å². The van der Waals surface area contributed by atoms with E-state index >= 15 is 0 Å². The average molecular weight is 415 g/mol. The molecule has 0 aromatic heterocycles. The Labute approximate surface area is 170 Å². The van der Waals surface area contributed by atoms with Gasteiger partial charge in [-0.3, -0.25) is 9.59 Å². The van der Waals surface area contributed by atoms with Crippen molar-refractivity contribution in [3.63, 3.8) is 0 Å². The van der Waals surface area contributed by atoms with E-state index in [0.717, 1.165) is 39.0 Å². The molecule has 2 N–H and O–H groups in total. The van der Waals surface area contributed by atoms with Crippen molar-refractivity contribution in [2.45, 2.75) is 40.5 Å². The van der Waals surface area contributed by atoms with Crippen molar-refractivity contribution in [3.8, 4) is 0 Å². The molecule has 0 bridgehead atoms. The highest BCUT2D eigenvalue weighted by Crippen LogP contribution is 2.21. The van der Waals surface area contributed by atoms with E-state index in [1.807, 2.05) is 13.8 Å². The standard InChI is InChI=1S/2C9H17NO2.2ClH/c2*1-3-7-5-10-6-8(7)9(11)12-4-2;;/h2*7-8,10H,3-6H2,1-2H3;2*1H/t2*7-,8-;;/m10../s1. The molecule has 0 aliphatic carbocycles. The minimum absolute atomic E-state index is 0. The van der Waals surface area contributed by atoms with Crippen LogP contribution < -0.4 is 10.6 Å². The SMILES string of the molecule is CCOC(=O)[C@@H]1CNC[C@H]1CC.CCOC(=O)[C@H]1CNC[C@@H]1CC.Cl.Cl. The number of esters is 2. The van der Waals surface area contributed by atoms with Crippen LogP contribution in [0.4, 0.5) is 0 Å². The van der Waals surface area contributed by atoms with E-state index in [-0.39, 0.29) is 48.6 Å². The number of halogens is 2. The van der Waals surface area contributed by atoms with Gasteiger partial charge < -0.3 is 20.1 Å². The monoisotopic (exact) mass is 414 g/mol. The Hall–Kier alpha value is -0.560. The Bertz CT molecular complexity index is 363. The zero-order valence-corrected chi connectivity index (χ0v) is 18.0. The van der Waals surface area contributed by atoms with Crippen molar-refractivity contribution in [3.05, 3.63) is 0 Å². The quantitative estimate of drug-likeness (QED) is 0.649. The highest BCUT2D eigenvalue weighted by atomic mass is 35.5. The molecule has 0 aromatic rings. The second-order valence-corrected chi connectivity index (χ2v) is 6.37. The van der Waals surface area contributed by atoms with Crippen LogP contribution in [0.2, 0.25) is 0 Å². The minimum Gasteiger partial charge on any atom is -0.466 e. The number of nitrogens with one attached hydrogen (secondary N) is 2. The summed E-state index contributed by atoms with van der Waals surface area (Å²) in [5.41, 5.74) is 0. The second-order valence-electron chi connectivity index (χ2n) is 6.37. The van der Waals surface area contributed by atoms with Crippen LogP contribution in [-0.4, -0.2) is 51.3 Å². The lowest BCUT2D eigenvalue weighted by Gasteiger charge is -2.14. The largest absolute Gasteiger partial charge is 0.466 e. The molecule has 2 heterocycles. The summed E-state index contributed by atoms with van der Waals surface area (Å²) in [4.78, 5) is 22.7. The predicted octanol–water partition coefficient (Wildman–Crippen LogP) is 2.43. The summed E-state index contributed by atoms with van der Waals surface area (Å²) in [5.74, 6) is 1.07. The van der Waals surface area contributed by atoms with Gasteiger partial charge in [-0.15, -0.1) is 24.8 Å². The molecule has 0 aromatic carbocycles. The number of carbonyl (C=O) groups is 2. The maximum absolute atomic E-state index is 11.4. The van der Waals surface area contributed by atoms with E-state index in [1.54, 1.807) is 0 Å². The van der Waals surface area contributed by atoms with Crippen LogP contribution in [-0.2, 0) is 19.1 Å². The number of hydrogen-bond donors (Lipinski definition) is 2. The predicted molar refractivity (Wildman–Crippen MR) is 108 cm³/mol. The number of hydrogen-bond acceptors (Lipinski definition) is 6. The molecule has 2 saturated heterocycles. The van der Waals surface area contributed by atoms with Gasteiger partial charge in [0.1, 0.15) is 0 Å². The molecule has 0 unspecified atom stereocenters. The topological polar surface area (TPSA) is 76.7 Å². The molecule has 26 heavy (non-hydrogen) atoms. The van der Waals surface area contributed by atoms with E-state index in [1.165, 1.54) is 0 Å². The lowest BCUT2D eigenvalue weighted by molar-refractivity contribution is -0.149. The molecular formula is C18H36Cl2N2O4. The van der Waals surface area contributed by atoms with Gasteiger partial charge >= 0.3 is 11.9 Å². The van der Waals surface area contributed by atoms with Gasteiger partial charge in [-0.25, -0.2) is 0 Å². The highest BCUT2D eigenvalue weighted by molar-refractivity contribution is 5.85. The molecular weight excluding hydrogens is 379 g/mol. The van der Waals surface area contributed by atoms with Gasteiger partial charge in [0.25, 0.3) is 0 Å². The van der Waals surface area contributed by atoms with Crippen molar-refractivity contribution >= 4 is 36.8 Å².